The van der Waals surface area contributed by atoms with Gasteiger partial charge in [-0.1, -0.05) is 152 Å². The molecule has 0 spiro atoms. The number of halogens is 2. The highest BCUT2D eigenvalue weighted by Crippen LogP contribution is 2.52. The Labute approximate surface area is 802 Å². The van der Waals surface area contributed by atoms with Crippen molar-refractivity contribution >= 4 is 88.6 Å². The summed E-state index contributed by atoms with van der Waals surface area (Å²) in [5.41, 5.74) is 8.22. The van der Waals surface area contributed by atoms with Crippen molar-refractivity contribution in [1.29, 1.82) is 0 Å². The Morgan fingerprint density at radius 3 is 1.70 bits per heavy atom. The lowest BCUT2D eigenvalue weighted by Gasteiger charge is -2.48. The molecule has 2 aliphatic carbocycles. The second-order valence-electron chi connectivity index (χ2n) is 35.4. The molecule has 2 saturated heterocycles. The fourth-order valence-electron chi connectivity index (χ4n) is 18.6. The quantitative estimate of drug-likeness (QED) is 0.0389. The molecule has 728 valence electrons. The number of alkyl carbamates (subject to hydrolysis) is 1. The van der Waals surface area contributed by atoms with E-state index in [4.69, 9.17) is 66.8 Å². The number of hydrogen-bond acceptors (Lipinski definition) is 28. The van der Waals surface area contributed by atoms with Crippen LogP contribution in [0.1, 0.15) is 139 Å². The zero-order chi connectivity index (χ0) is 99.2. The van der Waals surface area contributed by atoms with Crippen molar-refractivity contribution in [1.82, 2.24) is 47.4 Å². The minimum Gasteiger partial charge on any atom is -0.508 e. The second kappa shape index (κ2) is 40.4. The van der Waals surface area contributed by atoms with Gasteiger partial charge < -0.3 is 137 Å². The monoisotopic (exact) mass is 1950 g/mol. The lowest BCUT2D eigenvalue weighted by atomic mass is 9.85. The van der Waals surface area contributed by atoms with Crippen LogP contribution in [0, 0.1) is 5.92 Å². The molecular weight excluding hydrogens is 1850 g/mol. The Balaban J connectivity index is 0.821. The summed E-state index contributed by atoms with van der Waals surface area (Å²) in [6.45, 7) is 3.87. The number of primary amides is 1. The van der Waals surface area contributed by atoms with Crippen molar-refractivity contribution < 1.29 is 142 Å². The van der Waals surface area contributed by atoms with Gasteiger partial charge in [-0.2, -0.15) is 0 Å². The molecule has 18 rings (SSSR count). The molecule has 2 fully saturated rings. The molecule has 0 aromatic heterocycles. The van der Waals surface area contributed by atoms with Crippen LogP contribution in [0.5, 0.6) is 46.0 Å². The van der Waals surface area contributed by atoms with Crippen LogP contribution in [0.15, 0.2) is 176 Å². The Kier molecular flexibility index (Phi) is 28.5. The minimum atomic E-state index is -2.48. The molecule has 139 heavy (non-hydrogen) atoms. The van der Waals surface area contributed by atoms with Gasteiger partial charge in [0.1, 0.15) is 127 Å². The summed E-state index contributed by atoms with van der Waals surface area (Å²) in [6.07, 6.45) is -23.0. The zero-order valence-electron chi connectivity index (χ0n) is 74.7. The molecule has 41 heteroatoms. The van der Waals surface area contributed by atoms with Crippen molar-refractivity contribution in [3.05, 3.63) is 236 Å². The third-order valence-corrected chi connectivity index (χ3v) is 26.2. The van der Waals surface area contributed by atoms with Gasteiger partial charge in [0.15, 0.2) is 23.9 Å². The van der Waals surface area contributed by atoms with Crippen molar-refractivity contribution in [3.63, 3.8) is 0 Å². The summed E-state index contributed by atoms with van der Waals surface area (Å²) in [7, 11) is 1.28. The molecule has 0 radical (unpaired) electrons. The van der Waals surface area contributed by atoms with Gasteiger partial charge in [-0.3, -0.25) is 48.1 Å². The normalized spacial score (nSPS) is 25.1. The van der Waals surface area contributed by atoms with Gasteiger partial charge in [0.25, 0.3) is 0 Å². The topological polar surface area (TPSA) is 589 Å². The number of nitrogens with one attached hydrogen (secondary N) is 8. The predicted molar refractivity (Wildman–Crippen MR) is 490 cm³/mol. The number of carboxylic acid groups (broad SMARTS) is 1. The first-order chi connectivity index (χ1) is 66.3. The Morgan fingerprint density at radius 1 is 0.590 bits per heavy atom. The molecule has 7 heterocycles. The highest BCUT2D eigenvalue weighted by molar-refractivity contribution is 6.32. The standard InChI is InChI=1S/C98H98Cl2N10O29/c1-42(2)28-64(110(5)97(131)133-41-60-55-20-12-8-16-51(55)52-17-9-13-21-56(52)60)89(124)107-79-81(118)45-23-26-67(61(99)30-45)135-69-32-47-33-70(85(69)139-95-86(84(121)83(120)71(39-111)137-95)138-74-37-98(4,87(122)43(3)134-74)109-96(130)132-40-59-53-18-10-6-14-49(53)50-15-7-11-19-54(50)59)136-68-27-24-46(31-62(68)100)82(119)80-94(129)106-78(90(125)102-38-73(116)117)58-34-48(112)35-66(114)75(58)57-29-44(22-25-65(57)113)76(91(126)108-80)105-92(127)77(47)104-88(123)63(36-72(101)115)103-93(79)128/h6-27,29-35,42-43,59-60,63-64,71,74,76-84,86-87,95,111-114,118-122H,28,36-41H2,1-5H3,(H2,101,115)(H,102,125)(H,103,128)(H,104,123)(H,105,127)(H,106,129)(H,107,124)(H,108,126)(H,109,130)(H,116,117)/t43-,63-,64+,71-,74-,76+,77+,78-,79+,80-,81+,82+,83+,84-,86-,87+,95-,98-/m0/s1. The second-order valence-corrected chi connectivity index (χ2v) is 36.3. The summed E-state index contributed by atoms with van der Waals surface area (Å²) in [5.74, 6) is -19.6. The number of likely N-dealkylation sites (N-methyl/N-ethyl adjacent to an activating group) is 1. The van der Waals surface area contributed by atoms with Gasteiger partial charge >= 0.3 is 18.2 Å². The summed E-state index contributed by atoms with van der Waals surface area (Å²) < 4.78 is 51.6. The molecule has 18 atom stereocenters. The van der Waals surface area contributed by atoms with E-state index in [0.717, 1.165) is 128 Å². The average molecular weight is 1950 g/mol. The van der Waals surface area contributed by atoms with Crippen LogP contribution in [0.3, 0.4) is 0 Å². The van der Waals surface area contributed by atoms with E-state index in [-0.39, 0.29) is 36.7 Å². The molecule has 9 aromatic carbocycles. The van der Waals surface area contributed by atoms with Gasteiger partial charge in [0, 0.05) is 42.5 Å². The van der Waals surface area contributed by atoms with Crippen molar-refractivity contribution in [2.45, 2.75) is 168 Å². The number of aliphatic carboxylic acids is 1. The number of benzene rings is 9. The number of phenols is 3. The van der Waals surface area contributed by atoms with Crippen LogP contribution >= 0.6 is 23.2 Å². The van der Waals surface area contributed by atoms with Crippen LogP contribution in [-0.4, -0.2) is 234 Å². The van der Waals surface area contributed by atoms with Crippen LogP contribution in [0.2, 0.25) is 10.0 Å². The number of aliphatic hydroxyl groups excluding tert-OH is 6. The highest BCUT2D eigenvalue weighted by Gasteiger charge is 2.54. The Hall–Kier alpha value is -14.2. The first-order valence-corrected chi connectivity index (χ1v) is 45.1. The highest BCUT2D eigenvalue weighted by atomic mass is 35.5. The molecule has 11 bridgehead atoms. The molecular formula is C98H98Cl2N10O29. The van der Waals surface area contributed by atoms with E-state index in [1.165, 1.54) is 20.9 Å². The summed E-state index contributed by atoms with van der Waals surface area (Å²) in [6, 6.07) is 28.1. The minimum absolute atomic E-state index is 0.118. The van der Waals surface area contributed by atoms with Gasteiger partial charge in [-0.15, -0.1) is 0 Å². The number of rotatable bonds is 20. The van der Waals surface area contributed by atoms with Crippen LogP contribution in [0.25, 0.3) is 33.4 Å². The number of nitrogens with two attached hydrogens (primary N) is 1. The number of phenolic OH excluding ortho intramolecular Hbond substituents is 3. The third kappa shape index (κ3) is 20.2. The summed E-state index contributed by atoms with van der Waals surface area (Å²) in [5, 5.41) is 136. The SMILES string of the molecule is CC(C)C[C@H](C(=O)N[C@H]1C(=O)N[C@@H](CC(N)=O)C(=O)N[C@H]2C(=O)N[C@H]3C(=O)N[C@H](C(=O)N[C@H](C(=O)NCC(=O)O)c4cc(O)cc(O)c4-c4cc3ccc4O)[C@H](O)c3ccc(c(Cl)c3)Oc3cc2cc(c3O[C@@H]2O[C@@H](CO)[C@@H](O)[C@H](O)[C@@H]2O[C@H]2C[C@](C)(NC(=O)OCC3c4ccccc4-c4ccccc43)[C@H](O)[C@H](C)O2)Oc2ccc(cc2Cl)[C@H]1O)N(C)C(=O)OCC1c2ccccc2-c2ccccc21. The molecule has 20 N–H and O–H groups in total. The van der Waals surface area contributed by atoms with Crippen LogP contribution in [0.4, 0.5) is 9.59 Å². The van der Waals surface area contributed by atoms with Crippen molar-refractivity contribution in [2.75, 3.05) is 33.4 Å². The zero-order valence-corrected chi connectivity index (χ0v) is 76.3. The lowest BCUT2D eigenvalue weighted by molar-refractivity contribution is -0.334. The van der Waals surface area contributed by atoms with Crippen LogP contribution in [-0.2, 0) is 66.8 Å². The summed E-state index contributed by atoms with van der Waals surface area (Å²) >= 11 is 14.5. The first kappa shape index (κ1) is 97.8. The maximum Gasteiger partial charge on any atom is 0.410 e. The number of carbonyl (C=O) groups excluding carboxylic acids is 10. The number of carbonyl (C=O) groups is 11. The number of ether oxygens (including phenoxy) is 8. The van der Waals surface area contributed by atoms with E-state index in [9.17, 15) is 75.0 Å². The number of hydrogen-bond donors (Lipinski definition) is 19. The van der Waals surface area contributed by atoms with Gasteiger partial charge in [0.05, 0.1) is 34.7 Å². The molecule has 10 amide bonds. The fourth-order valence-corrected chi connectivity index (χ4v) is 19.1. The smallest absolute Gasteiger partial charge is 0.410 e. The number of fused-ring (bicyclic) bond motifs is 21. The number of carboxylic acids is 1. The maximum absolute atomic E-state index is 16.6. The Bertz CT molecular complexity index is 6280. The van der Waals surface area contributed by atoms with E-state index in [1.807, 2.05) is 97.1 Å². The lowest BCUT2D eigenvalue weighted by Crippen LogP contribution is -2.66. The van der Waals surface area contributed by atoms with Crippen molar-refractivity contribution in [2.24, 2.45) is 11.7 Å². The number of aliphatic hydroxyl groups is 6. The van der Waals surface area contributed by atoms with Gasteiger partial charge in [0.2, 0.25) is 59.3 Å². The number of amides is 10. The average Bonchev–Trinajstić information content (AvgIpc) is 1.49. The molecule has 0 saturated carbocycles. The largest absolute Gasteiger partial charge is 0.508 e. The van der Waals surface area contributed by atoms with Crippen molar-refractivity contribution in [3.8, 4) is 79.4 Å². The summed E-state index contributed by atoms with van der Waals surface area (Å²) in [4.78, 5) is 165. The molecule has 9 aliphatic rings. The van der Waals surface area contributed by atoms with E-state index >= 15 is 28.8 Å². The molecule has 39 nitrogen and oxygen atoms in total. The van der Waals surface area contributed by atoms with E-state index in [2.05, 4.69) is 42.5 Å². The maximum atomic E-state index is 16.6. The fraction of sp³-hybridized carbons (Fsp3) is 0.337. The van der Waals surface area contributed by atoms with E-state index in [0.29, 0.717) is 0 Å². The van der Waals surface area contributed by atoms with Gasteiger partial charge in [-0.25, -0.2) is 9.59 Å². The Morgan fingerprint density at radius 2 is 1.14 bits per heavy atom. The molecule has 9 aromatic rings. The van der Waals surface area contributed by atoms with E-state index in [1.54, 1.807) is 13.8 Å². The third-order valence-electron chi connectivity index (χ3n) is 25.6. The van der Waals surface area contributed by atoms with Gasteiger partial charge in [-0.05, 0) is 153 Å². The van der Waals surface area contributed by atoms with Crippen LogP contribution < -0.4 is 62.5 Å². The first-order valence-electron chi connectivity index (χ1n) is 44.3. The van der Waals surface area contributed by atoms with E-state index < -0.39 is 296 Å². The molecule has 0 unspecified atom stereocenters. The number of nitrogens with zero attached hydrogens (tertiary/aromatic N) is 1. The number of aromatic hydroxyl groups is 3. The predicted octanol–water partition coefficient (Wildman–Crippen LogP) is 6.46. The molecule has 7 aliphatic heterocycles.